The van der Waals surface area contributed by atoms with Crippen LogP contribution in [0.25, 0.3) is 0 Å². The highest BCUT2D eigenvalue weighted by Gasteiger charge is 2.47. The molecule has 1 aliphatic rings. The van der Waals surface area contributed by atoms with E-state index in [1.807, 2.05) is 0 Å². The Morgan fingerprint density at radius 3 is 2.79 bits per heavy atom. The van der Waals surface area contributed by atoms with Crippen LogP contribution in [0, 0.1) is 11.2 Å². The molecule has 1 aromatic rings. The summed E-state index contributed by atoms with van der Waals surface area (Å²) in [6, 6.07) is 1.37. The second kappa shape index (κ2) is 3.31. The molecule has 0 spiro atoms. The summed E-state index contributed by atoms with van der Waals surface area (Å²) < 4.78 is 12.9. The SMILES string of the molecule is CCC1(C(O)c2cncc(F)c2)CC1. The Bertz CT molecular complexity index is 336. The van der Waals surface area contributed by atoms with Crippen LogP contribution in [0.5, 0.6) is 0 Å². The van der Waals surface area contributed by atoms with E-state index in [9.17, 15) is 9.50 Å². The second-order valence-electron chi connectivity index (χ2n) is 4.05. The first-order chi connectivity index (χ1) is 6.68. The molecule has 1 N–H and O–H groups in total. The van der Waals surface area contributed by atoms with Gasteiger partial charge in [0.15, 0.2) is 0 Å². The van der Waals surface area contributed by atoms with Crippen molar-refractivity contribution < 1.29 is 9.50 Å². The van der Waals surface area contributed by atoms with Crippen LogP contribution < -0.4 is 0 Å². The summed E-state index contributed by atoms with van der Waals surface area (Å²) in [5.74, 6) is -0.381. The van der Waals surface area contributed by atoms with E-state index < -0.39 is 6.10 Å². The molecule has 76 valence electrons. The summed E-state index contributed by atoms with van der Waals surface area (Å²) in [4.78, 5) is 3.75. The fourth-order valence-corrected chi connectivity index (χ4v) is 1.91. The number of nitrogens with zero attached hydrogens (tertiary/aromatic N) is 1. The fourth-order valence-electron chi connectivity index (χ4n) is 1.91. The predicted octanol–water partition coefficient (Wildman–Crippen LogP) is 2.44. The van der Waals surface area contributed by atoms with Gasteiger partial charge in [-0.1, -0.05) is 6.92 Å². The number of rotatable bonds is 3. The molecule has 14 heavy (non-hydrogen) atoms. The molecule has 0 radical (unpaired) electrons. The molecule has 0 saturated heterocycles. The second-order valence-corrected chi connectivity index (χ2v) is 4.05. The molecule has 0 aliphatic heterocycles. The summed E-state index contributed by atoms with van der Waals surface area (Å²) in [5, 5.41) is 10.0. The van der Waals surface area contributed by atoms with Crippen molar-refractivity contribution in [3.8, 4) is 0 Å². The molecule has 1 atom stereocenters. The van der Waals surface area contributed by atoms with E-state index in [4.69, 9.17) is 0 Å². The largest absolute Gasteiger partial charge is 0.388 e. The monoisotopic (exact) mass is 195 g/mol. The van der Waals surface area contributed by atoms with Crippen LogP contribution in [0.1, 0.15) is 37.9 Å². The van der Waals surface area contributed by atoms with Crippen LogP contribution in [0.2, 0.25) is 0 Å². The lowest BCUT2D eigenvalue weighted by Gasteiger charge is -2.20. The molecule has 1 saturated carbocycles. The molecule has 1 heterocycles. The zero-order valence-corrected chi connectivity index (χ0v) is 8.20. The van der Waals surface area contributed by atoms with Crippen molar-refractivity contribution in [3.05, 3.63) is 29.8 Å². The van der Waals surface area contributed by atoms with Crippen LogP contribution in [0.3, 0.4) is 0 Å². The summed E-state index contributed by atoms with van der Waals surface area (Å²) >= 11 is 0. The van der Waals surface area contributed by atoms with E-state index >= 15 is 0 Å². The lowest BCUT2D eigenvalue weighted by Crippen LogP contribution is -2.13. The molecular weight excluding hydrogens is 181 g/mol. The average Bonchev–Trinajstić information content (AvgIpc) is 2.97. The van der Waals surface area contributed by atoms with Gasteiger partial charge >= 0.3 is 0 Å². The third-order valence-electron chi connectivity index (χ3n) is 3.22. The maximum absolute atomic E-state index is 12.9. The van der Waals surface area contributed by atoms with Gasteiger partial charge in [0.1, 0.15) is 5.82 Å². The first-order valence-electron chi connectivity index (χ1n) is 4.96. The number of halogens is 1. The van der Waals surface area contributed by atoms with E-state index in [-0.39, 0.29) is 11.2 Å². The van der Waals surface area contributed by atoms with E-state index in [0.717, 1.165) is 25.5 Å². The Morgan fingerprint density at radius 1 is 1.57 bits per heavy atom. The van der Waals surface area contributed by atoms with Crippen molar-refractivity contribution in [2.45, 2.75) is 32.3 Å². The molecule has 0 amide bonds. The predicted molar refractivity (Wildman–Crippen MR) is 51.1 cm³/mol. The van der Waals surface area contributed by atoms with Gasteiger partial charge in [-0.25, -0.2) is 4.39 Å². The van der Waals surface area contributed by atoms with Gasteiger partial charge in [0.05, 0.1) is 12.3 Å². The van der Waals surface area contributed by atoms with E-state index in [2.05, 4.69) is 11.9 Å². The zero-order chi connectivity index (χ0) is 10.2. The number of aromatic nitrogens is 1. The molecule has 3 heteroatoms. The van der Waals surface area contributed by atoms with Crippen molar-refractivity contribution in [1.82, 2.24) is 4.98 Å². The molecule has 1 fully saturated rings. The number of aliphatic hydroxyl groups is 1. The van der Waals surface area contributed by atoms with Crippen LogP contribution in [0.4, 0.5) is 4.39 Å². The highest BCUT2D eigenvalue weighted by molar-refractivity contribution is 5.19. The van der Waals surface area contributed by atoms with Gasteiger partial charge in [0, 0.05) is 17.2 Å². The van der Waals surface area contributed by atoms with Crippen molar-refractivity contribution in [3.63, 3.8) is 0 Å². The maximum Gasteiger partial charge on any atom is 0.141 e. The Hall–Kier alpha value is -0.960. The van der Waals surface area contributed by atoms with E-state index in [1.165, 1.54) is 6.07 Å². The Labute approximate surface area is 82.8 Å². The Morgan fingerprint density at radius 2 is 2.29 bits per heavy atom. The van der Waals surface area contributed by atoms with Gasteiger partial charge in [-0.2, -0.15) is 0 Å². The Balaban J connectivity index is 2.23. The smallest absolute Gasteiger partial charge is 0.141 e. The molecule has 1 aliphatic carbocycles. The van der Waals surface area contributed by atoms with E-state index in [1.54, 1.807) is 6.20 Å². The standard InChI is InChI=1S/C11H14FNO/c1-2-11(3-4-11)10(14)8-5-9(12)7-13-6-8/h5-7,10,14H,2-4H2,1H3. The number of hydrogen-bond donors (Lipinski definition) is 1. The number of pyridine rings is 1. The number of aliphatic hydroxyl groups excluding tert-OH is 1. The first-order valence-corrected chi connectivity index (χ1v) is 4.96. The molecule has 1 aromatic heterocycles. The van der Waals surface area contributed by atoms with Crippen LogP contribution >= 0.6 is 0 Å². The van der Waals surface area contributed by atoms with Gasteiger partial charge < -0.3 is 5.11 Å². The minimum atomic E-state index is -0.560. The summed E-state index contributed by atoms with van der Waals surface area (Å²) in [6.07, 6.45) is 5.13. The number of hydrogen-bond acceptors (Lipinski definition) is 2. The lowest BCUT2D eigenvalue weighted by atomic mass is 9.91. The minimum absolute atomic E-state index is 0.00449. The normalized spacial score (nSPS) is 20.5. The van der Waals surface area contributed by atoms with Gasteiger partial charge in [-0.05, 0) is 25.3 Å². The first kappa shape index (κ1) is 9.59. The van der Waals surface area contributed by atoms with Gasteiger partial charge in [-0.15, -0.1) is 0 Å². The third-order valence-corrected chi connectivity index (χ3v) is 3.22. The summed E-state index contributed by atoms with van der Waals surface area (Å²) in [7, 11) is 0. The van der Waals surface area contributed by atoms with E-state index in [0.29, 0.717) is 5.56 Å². The summed E-state index contributed by atoms with van der Waals surface area (Å²) in [5.41, 5.74) is 0.597. The molecule has 0 bridgehead atoms. The van der Waals surface area contributed by atoms with Gasteiger partial charge in [0.25, 0.3) is 0 Å². The molecule has 2 rings (SSSR count). The quantitative estimate of drug-likeness (QED) is 0.803. The van der Waals surface area contributed by atoms with Crippen molar-refractivity contribution >= 4 is 0 Å². The maximum atomic E-state index is 12.9. The molecule has 0 aromatic carbocycles. The van der Waals surface area contributed by atoms with Gasteiger partial charge in [-0.3, -0.25) is 4.98 Å². The van der Waals surface area contributed by atoms with Crippen LogP contribution in [-0.2, 0) is 0 Å². The molecular formula is C11H14FNO. The summed E-state index contributed by atoms with van der Waals surface area (Å²) in [6.45, 7) is 2.06. The average molecular weight is 195 g/mol. The zero-order valence-electron chi connectivity index (χ0n) is 8.20. The van der Waals surface area contributed by atoms with Crippen LogP contribution in [-0.4, -0.2) is 10.1 Å². The topological polar surface area (TPSA) is 33.1 Å². The fraction of sp³-hybridized carbons (Fsp3) is 0.545. The molecule has 2 nitrogen and oxygen atoms in total. The van der Waals surface area contributed by atoms with Crippen molar-refractivity contribution in [1.29, 1.82) is 0 Å². The minimum Gasteiger partial charge on any atom is -0.388 e. The highest BCUT2D eigenvalue weighted by atomic mass is 19.1. The lowest BCUT2D eigenvalue weighted by molar-refractivity contribution is 0.0895. The van der Waals surface area contributed by atoms with Crippen LogP contribution in [0.15, 0.2) is 18.5 Å². The van der Waals surface area contributed by atoms with Crippen molar-refractivity contribution in [2.75, 3.05) is 0 Å². The van der Waals surface area contributed by atoms with Crippen molar-refractivity contribution in [2.24, 2.45) is 5.41 Å². The third kappa shape index (κ3) is 1.52. The molecule has 1 unspecified atom stereocenters. The Kier molecular flexibility index (Phi) is 2.27. The van der Waals surface area contributed by atoms with Gasteiger partial charge in [0.2, 0.25) is 0 Å². The highest BCUT2D eigenvalue weighted by Crippen LogP contribution is 2.57.